The van der Waals surface area contributed by atoms with Gasteiger partial charge in [0.2, 0.25) is 5.91 Å². The maximum absolute atomic E-state index is 12.6. The predicted octanol–water partition coefficient (Wildman–Crippen LogP) is 1.93. The number of hydrogen-bond donors (Lipinski definition) is 0. The van der Waals surface area contributed by atoms with Gasteiger partial charge in [-0.3, -0.25) is 9.59 Å². The van der Waals surface area contributed by atoms with Gasteiger partial charge in [0.25, 0.3) is 5.91 Å². The summed E-state index contributed by atoms with van der Waals surface area (Å²) in [4.78, 5) is 28.7. The molecule has 3 rings (SSSR count). The molecule has 0 aliphatic carbocycles. The first-order valence-corrected chi connectivity index (χ1v) is 9.45. The molecule has 2 amide bonds. The summed E-state index contributed by atoms with van der Waals surface area (Å²) >= 11 is 3.37. The molecule has 2 aliphatic rings. The Kier molecular flexibility index (Phi) is 6.31. The molecule has 136 valence electrons. The topological polar surface area (TPSA) is 59.1 Å². The Labute approximate surface area is 156 Å². The smallest absolute Gasteiger partial charge is 0.260 e. The fourth-order valence-electron chi connectivity index (χ4n) is 3.21. The Morgan fingerprint density at radius 3 is 2.56 bits per heavy atom. The van der Waals surface area contributed by atoms with E-state index in [4.69, 9.17) is 9.47 Å². The normalized spacial score (nSPS) is 21.1. The number of carbonyl (C=O) groups excluding carboxylic acids is 2. The Hall–Kier alpha value is -1.60. The maximum atomic E-state index is 12.6. The van der Waals surface area contributed by atoms with Gasteiger partial charge in [-0.15, -0.1) is 0 Å². The van der Waals surface area contributed by atoms with Crippen molar-refractivity contribution in [2.24, 2.45) is 5.92 Å². The lowest BCUT2D eigenvalue weighted by Crippen LogP contribution is -2.50. The highest BCUT2D eigenvalue weighted by Gasteiger charge is 2.31. The van der Waals surface area contributed by atoms with Crippen molar-refractivity contribution in [3.63, 3.8) is 0 Å². The third-order valence-corrected chi connectivity index (χ3v) is 5.15. The zero-order valence-electron chi connectivity index (χ0n) is 14.2. The molecule has 1 aromatic rings. The van der Waals surface area contributed by atoms with Crippen LogP contribution in [-0.4, -0.2) is 67.6 Å². The number of rotatable bonds is 4. The highest BCUT2D eigenvalue weighted by atomic mass is 79.9. The predicted molar refractivity (Wildman–Crippen MR) is 96.3 cm³/mol. The molecule has 2 heterocycles. The minimum atomic E-state index is -0.108. The standard InChI is InChI=1S/C18H23BrN2O4/c19-15-3-5-16(6-4-15)25-13-17(22)21-7-1-2-14(12-21)18(23)20-8-10-24-11-9-20/h3-6,14H,1-2,7-13H2. The number of amides is 2. The Bertz CT molecular complexity index is 602. The van der Waals surface area contributed by atoms with Crippen LogP contribution in [0.15, 0.2) is 28.7 Å². The molecule has 2 saturated heterocycles. The summed E-state index contributed by atoms with van der Waals surface area (Å²) in [7, 11) is 0. The lowest BCUT2D eigenvalue weighted by molar-refractivity contribution is -0.144. The van der Waals surface area contributed by atoms with Crippen LogP contribution in [0, 0.1) is 5.92 Å². The van der Waals surface area contributed by atoms with Crippen molar-refractivity contribution in [3.05, 3.63) is 28.7 Å². The summed E-state index contributed by atoms with van der Waals surface area (Å²) in [6, 6.07) is 7.38. The van der Waals surface area contributed by atoms with Crippen molar-refractivity contribution < 1.29 is 19.1 Å². The van der Waals surface area contributed by atoms with Crippen molar-refractivity contribution in [3.8, 4) is 5.75 Å². The minimum Gasteiger partial charge on any atom is -0.484 e. The summed E-state index contributed by atoms with van der Waals surface area (Å²) in [5, 5.41) is 0. The third-order valence-electron chi connectivity index (χ3n) is 4.62. The van der Waals surface area contributed by atoms with Crippen LogP contribution < -0.4 is 4.74 Å². The van der Waals surface area contributed by atoms with Crippen molar-refractivity contribution in [2.75, 3.05) is 46.0 Å². The average Bonchev–Trinajstić information content (AvgIpc) is 2.67. The van der Waals surface area contributed by atoms with Crippen molar-refractivity contribution in [1.82, 2.24) is 9.80 Å². The third kappa shape index (κ3) is 4.95. The molecule has 0 radical (unpaired) electrons. The lowest BCUT2D eigenvalue weighted by atomic mass is 9.96. The number of benzene rings is 1. The van der Waals surface area contributed by atoms with E-state index in [0.717, 1.165) is 17.3 Å². The zero-order valence-corrected chi connectivity index (χ0v) is 15.7. The number of hydrogen-bond acceptors (Lipinski definition) is 4. The summed E-state index contributed by atoms with van der Waals surface area (Å²) in [5.74, 6) is 0.634. The summed E-state index contributed by atoms with van der Waals surface area (Å²) in [6.45, 7) is 3.67. The lowest BCUT2D eigenvalue weighted by Gasteiger charge is -2.36. The van der Waals surface area contributed by atoms with Crippen molar-refractivity contribution in [2.45, 2.75) is 12.8 Å². The molecule has 1 unspecified atom stereocenters. The number of piperidine rings is 1. The quantitative estimate of drug-likeness (QED) is 0.760. The van der Waals surface area contributed by atoms with Crippen LogP contribution in [0.4, 0.5) is 0 Å². The molecule has 0 saturated carbocycles. The van der Waals surface area contributed by atoms with E-state index >= 15 is 0 Å². The van der Waals surface area contributed by atoms with Gasteiger partial charge in [-0.05, 0) is 37.1 Å². The number of morpholine rings is 1. The van der Waals surface area contributed by atoms with Gasteiger partial charge in [0.15, 0.2) is 6.61 Å². The van der Waals surface area contributed by atoms with Gasteiger partial charge >= 0.3 is 0 Å². The molecule has 1 atom stereocenters. The molecule has 1 aromatic carbocycles. The second-order valence-electron chi connectivity index (χ2n) is 6.36. The average molecular weight is 411 g/mol. The van der Waals surface area contributed by atoms with E-state index in [1.807, 2.05) is 29.2 Å². The zero-order chi connectivity index (χ0) is 17.6. The van der Waals surface area contributed by atoms with Crippen LogP contribution in [0.5, 0.6) is 5.75 Å². The summed E-state index contributed by atoms with van der Waals surface area (Å²) < 4.78 is 11.8. The molecule has 0 bridgehead atoms. The fourth-order valence-corrected chi connectivity index (χ4v) is 3.48. The van der Waals surface area contributed by atoms with Gasteiger partial charge in [-0.1, -0.05) is 15.9 Å². The minimum absolute atomic E-state index is 0.0000964. The molecule has 2 fully saturated rings. The number of carbonyl (C=O) groups is 2. The first kappa shape index (κ1) is 18.2. The van der Waals surface area contributed by atoms with Crippen molar-refractivity contribution in [1.29, 1.82) is 0 Å². The first-order valence-electron chi connectivity index (χ1n) is 8.66. The van der Waals surface area contributed by atoms with Gasteiger partial charge < -0.3 is 19.3 Å². The van der Waals surface area contributed by atoms with E-state index in [9.17, 15) is 9.59 Å². The number of nitrogens with zero attached hydrogens (tertiary/aromatic N) is 2. The van der Waals surface area contributed by atoms with E-state index in [2.05, 4.69) is 15.9 Å². The van der Waals surface area contributed by atoms with E-state index in [-0.39, 0.29) is 24.3 Å². The number of halogens is 1. The molecular weight excluding hydrogens is 388 g/mol. The van der Waals surface area contributed by atoms with Gasteiger partial charge in [0.1, 0.15) is 5.75 Å². The maximum Gasteiger partial charge on any atom is 0.260 e. The van der Waals surface area contributed by atoms with E-state index in [0.29, 0.717) is 45.1 Å². The fraction of sp³-hybridized carbons (Fsp3) is 0.556. The summed E-state index contributed by atoms with van der Waals surface area (Å²) in [5.41, 5.74) is 0. The van der Waals surface area contributed by atoms with Gasteiger partial charge in [-0.2, -0.15) is 0 Å². The first-order chi connectivity index (χ1) is 12.1. The van der Waals surface area contributed by atoms with Crippen LogP contribution in [0.25, 0.3) is 0 Å². The highest BCUT2D eigenvalue weighted by molar-refractivity contribution is 9.10. The van der Waals surface area contributed by atoms with Crippen LogP contribution in [-0.2, 0) is 14.3 Å². The van der Waals surface area contributed by atoms with Gasteiger partial charge in [0.05, 0.1) is 19.1 Å². The molecule has 0 aromatic heterocycles. The SMILES string of the molecule is O=C(COc1ccc(Br)cc1)N1CCCC(C(=O)N2CCOCC2)C1. The molecule has 7 heteroatoms. The van der Waals surface area contributed by atoms with Crippen LogP contribution in [0.2, 0.25) is 0 Å². The van der Waals surface area contributed by atoms with E-state index in [1.165, 1.54) is 0 Å². The monoisotopic (exact) mass is 410 g/mol. The highest BCUT2D eigenvalue weighted by Crippen LogP contribution is 2.20. The van der Waals surface area contributed by atoms with E-state index < -0.39 is 0 Å². The largest absolute Gasteiger partial charge is 0.484 e. The second-order valence-corrected chi connectivity index (χ2v) is 7.27. The molecule has 6 nitrogen and oxygen atoms in total. The Balaban J connectivity index is 1.50. The summed E-state index contributed by atoms with van der Waals surface area (Å²) in [6.07, 6.45) is 1.69. The van der Waals surface area contributed by atoms with Gasteiger partial charge in [-0.25, -0.2) is 0 Å². The van der Waals surface area contributed by atoms with Gasteiger partial charge in [0, 0.05) is 30.7 Å². The van der Waals surface area contributed by atoms with Crippen LogP contribution in [0.3, 0.4) is 0 Å². The molecule has 25 heavy (non-hydrogen) atoms. The van der Waals surface area contributed by atoms with Crippen LogP contribution in [0.1, 0.15) is 12.8 Å². The second kappa shape index (κ2) is 8.67. The van der Waals surface area contributed by atoms with E-state index in [1.54, 1.807) is 4.90 Å². The number of ether oxygens (including phenoxy) is 2. The van der Waals surface area contributed by atoms with Crippen molar-refractivity contribution >= 4 is 27.7 Å². The molecule has 0 spiro atoms. The molecular formula is C18H23BrN2O4. The number of likely N-dealkylation sites (tertiary alicyclic amines) is 1. The molecule has 0 N–H and O–H groups in total. The Morgan fingerprint density at radius 1 is 1.12 bits per heavy atom. The molecule has 2 aliphatic heterocycles. The van der Waals surface area contributed by atoms with Crippen LogP contribution >= 0.6 is 15.9 Å². The Morgan fingerprint density at radius 2 is 1.84 bits per heavy atom.